The molecule has 2 heterocycles. The highest BCUT2D eigenvalue weighted by Gasteiger charge is 2.36. The molecule has 7 heteroatoms. The topological polar surface area (TPSA) is 82.5 Å². The van der Waals surface area contributed by atoms with Gasteiger partial charge in [-0.05, 0) is 12.8 Å². The minimum Gasteiger partial charge on any atom is -0.481 e. The van der Waals surface area contributed by atoms with Crippen molar-refractivity contribution >= 4 is 23.3 Å². The zero-order chi connectivity index (χ0) is 14.0. The van der Waals surface area contributed by atoms with Crippen molar-refractivity contribution < 1.29 is 14.7 Å². The third-order valence-electron chi connectivity index (χ3n) is 3.27. The Bertz CT molecular complexity index is 488. The van der Waals surface area contributed by atoms with Crippen LogP contribution in [0.25, 0.3) is 0 Å². The van der Waals surface area contributed by atoms with Crippen LogP contribution in [0, 0.1) is 18.8 Å². The number of aliphatic carboxylic acids is 1. The monoisotopic (exact) mass is 283 g/mol. The van der Waals surface area contributed by atoms with Crippen molar-refractivity contribution in [1.29, 1.82) is 0 Å². The van der Waals surface area contributed by atoms with Crippen LogP contribution in [0.3, 0.4) is 0 Å². The summed E-state index contributed by atoms with van der Waals surface area (Å²) in [6.07, 6.45) is 0. The Morgan fingerprint density at radius 1 is 1.58 bits per heavy atom. The largest absolute Gasteiger partial charge is 0.481 e. The number of aryl methyl sites for hydroxylation is 1. The molecule has 0 aliphatic carbocycles. The van der Waals surface area contributed by atoms with E-state index >= 15 is 0 Å². The minimum atomic E-state index is -0.835. The zero-order valence-corrected chi connectivity index (χ0v) is 11.7. The van der Waals surface area contributed by atoms with Gasteiger partial charge in [0.15, 0.2) is 0 Å². The Hall–Kier alpha value is -1.63. The second-order valence-corrected chi connectivity index (χ2v) is 5.81. The van der Waals surface area contributed by atoms with Gasteiger partial charge in [-0.2, -0.15) is 0 Å². The number of carboxylic acids is 1. The highest BCUT2D eigenvalue weighted by atomic mass is 32.1. The van der Waals surface area contributed by atoms with Gasteiger partial charge >= 0.3 is 12.0 Å². The number of amides is 2. The number of likely N-dealkylation sites (tertiary alicyclic amines) is 1. The van der Waals surface area contributed by atoms with E-state index in [1.54, 1.807) is 4.90 Å². The molecule has 19 heavy (non-hydrogen) atoms. The van der Waals surface area contributed by atoms with Crippen LogP contribution in [-0.4, -0.2) is 40.1 Å². The lowest BCUT2D eigenvalue weighted by Crippen LogP contribution is -2.38. The molecule has 2 atom stereocenters. The average Bonchev–Trinajstić information content (AvgIpc) is 2.92. The third-order valence-corrected chi connectivity index (χ3v) is 4.24. The lowest BCUT2D eigenvalue weighted by atomic mass is 9.99. The number of carbonyl (C=O) groups excluding carboxylic acids is 1. The summed E-state index contributed by atoms with van der Waals surface area (Å²) in [4.78, 5) is 28.8. The van der Waals surface area contributed by atoms with Crippen molar-refractivity contribution in [1.82, 2.24) is 15.2 Å². The highest BCUT2D eigenvalue weighted by molar-refractivity contribution is 7.09. The summed E-state index contributed by atoms with van der Waals surface area (Å²) < 4.78 is 0. The molecule has 0 aromatic carbocycles. The molecular weight excluding hydrogens is 266 g/mol. The second-order valence-electron chi connectivity index (χ2n) is 4.87. The molecule has 2 unspecified atom stereocenters. The maximum atomic E-state index is 11.9. The number of hydrogen-bond donors (Lipinski definition) is 2. The first kappa shape index (κ1) is 13.8. The van der Waals surface area contributed by atoms with E-state index in [0.717, 1.165) is 10.7 Å². The van der Waals surface area contributed by atoms with Crippen molar-refractivity contribution in [2.24, 2.45) is 11.8 Å². The lowest BCUT2D eigenvalue weighted by molar-refractivity contribution is -0.142. The fraction of sp³-hybridized carbons (Fsp3) is 0.583. The molecule has 0 saturated carbocycles. The van der Waals surface area contributed by atoms with Crippen LogP contribution in [0.15, 0.2) is 5.38 Å². The van der Waals surface area contributed by atoms with Gasteiger partial charge in [-0.1, -0.05) is 6.92 Å². The van der Waals surface area contributed by atoms with Gasteiger partial charge in [0, 0.05) is 24.2 Å². The number of carbonyl (C=O) groups is 2. The van der Waals surface area contributed by atoms with E-state index in [2.05, 4.69) is 10.3 Å². The summed E-state index contributed by atoms with van der Waals surface area (Å²) in [5.74, 6) is -1.31. The van der Waals surface area contributed by atoms with Gasteiger partial charge in [-0.25, -0.2) is 9.78 Å². The lowest BCUT2D eigenvalue weighted by Gasteiger charge is -2.16. The van der Waals surface area contributed by atoms with Crippen LogP contribution in [0.2, 0.25) is 0 Å². The van der Waals surface area contributed by atoms with Crippen LogP contribution in [0.4, 0.5) is 4.79 Å². The Kier molecular flexibility index (Phi) is 4.04. The molecule has 1 aromatic heterocycles. The van der Waals surface area contributed by atoms with Gasteiger partial charge in [-0.15, -0.1) is 11.3 Å². The molecule has 2 amide bonds. The van der Waals surface area contributed by atoms with E-state index < -0.39 is 11.9 Å². The van der Waals surface area contributed by atoms with E-state index in [9.17, 15) is 9.59 Å². The summed E-state index contributed by atoms with van der Waals surface area (Å²) >= 11 is 1.50. The van der Waals surface area contributed by atoms with Crippen molar-refractivity contribution in [3.05, 3.63) is 16.1 Å². The third kappa shape index (κ3) is 3.23. The molecule has 1 aliphatic heterocycles. The van der Waals surface area contributed by atoms with Crippen molar-refractivity contribution in [2.45, 2.75) is 20.4 Å². The summed E-state index contributed by atoms with van der Waals surface area (Å²) in [6, 6.07) is -0.219. The van der Waals surface area contributed by atoms with Crippen LogP contribution >= 0.6 is 11.3 Å². The predicted molar refractivity (Wildman–Crippen MR) is 70.9 cm³/mol. The molecule has 2 N–H and O–H groups in total. The molecule has 0 spiro atoms. The number of thiazole rings is 1. The molecular formula is C12H17N3O3S. The van der Waals surface area contributed by atoms with Crippen LogP contribution in [0.1, 0.15) is 17.6 Å². The van der Waals surface area contributed by atoms with Gasteiger partial charge in [0.05, 0.1) is 12.5 Å². The summed E-state index contributed by atoms with van der Waals surface area (Å²) in [5.41, 5.74) is 0.940. The van der Waals surface area contributed by atoms with E-state index in [4.69, 9.17) is 5.11 Å². The van der Waals surface area contributed by atoms with E-state index in [1.807, 2.05) is 19.2 Å². The van der Waals surface area contributed by atoms with E-state index in [-0.39, 0.29) is 18.5 Å². The molecule has 0 bridgehead atoms. The van der Waals surface area contributed by atoms with Crippen molar-refractivity contribution in [2.75, 3.05) is 13.1 Å². The summed E-state index contributed by atoms with van der Waals surface area (Å²) in [5, 5.41) is 14.6. The molecule has 1 aliphatic rings. The summed E-state index contributed by atoms with van der Waals surface area (Å²) in [7, 11) is 0. The van der Waals surface area contributed by atoms with E-state index in [1.165, 1.54) is 11.3 Å². The molecule has 1 fully saturated rings. The first-order chi connectivity index (χ1) is 8.97. The predicted octanol–water partition coefficient (Wildman–Crippen LogP) is 1.31. The number of nitrogens with one attached hydrogen (secondary N) is 1. The van der Waals surface area contributed by atoms with Gasteiger partial charge in [0.2, 0.25) is 0 Å². The number of nitrogens with zero attached hydrogens (tertiary/aromatic N) is 2. The Morgan fingerprint density at radius 2 is 2.32 bits per heavy atom. The number of hydrogen-bond acceptors (Lipinski definition) is 4. The number of aromatic nitrogens is 1. The van der Waals surface area contributed by atoms with Gasteiger partial charge in [0.25, 0.3) is 0 Å². The quantitative estimate of drug-likeness (QED) is 0.876. The Morgan fingerprint density at radius 3 is 2.84 bits per heavy atom. The smallest absolute Gasteiger partial charge is 0.317 e. The normalized spacial score (nSPS) is 22.5. The molecule has 6 nitrogen and oxygen atoms in total. The molecule has 2 rings (SSSR count). The number of rotatable bonds is 3. The van der Waals surface area contributed by atoms with Crippen LogP contribution < -0.4 is 5.32 Å². The highest BCUT2D eigenvalue weighted by Crippen LogP contribution is 2.23. The van der Waals surface area contributed by atoms with Crippen molar-refractivity contribution in [3.8, 4) is 0 Å². The maximum Gasteiger partial charge on any atom is 0.317 e. The van der Waals surface area contributed by atoms with Gasteiger partial charge in [-0.3, -0.25) is 4.79 Å². The second kappa shape index (κ2) is 5.56. The molecule has 0 radical (unpaired) electrons. The molecule has 1 aromatic rings. The number of carboxylic acid groups (broad SMARTS) is 1. The molecule has 1 saturated heterocycles. The fourth-order valence-corrected chi connectivity index (χ4v) is 2.91. The van der Waals surface area contributed by atoms with Gasteiger partial charge < -0.3 is 15.3 Å². The first-order valence-electron chi connectivity index (χ1n) is 6.14. The van der Waals surface area contributed by atoms with E-state index in [0.29, 0.717) is 13.1 Å². The average molecular weight is 283 g/mol. The Balaban J connectivity index is 1.86. The standard InChI is InChI=1S/C12H17N3O3S/c1-7-4-15(5-9(7)11(16)17)12(18)13-3-10-14-8(2)6-19-10/h6-7,9H,3-5H2,1-2H3,(H,13,18)(H,16,17). The van der Waals surface area contributed by atoms with Crippen molar-refractivity contribution in [3.63, 3.8) is 0 Å². The van der Waals surface area contributed by atoms with Crippen LogP contribution in [0.5, 0.6) is 0 Å². The maximum absolute atomic E-state index is 11.9. The molecule has 104 valence electrons. The SMILES string of the molecule is Cc1csc(CNC(=O)N2CC(C)C(C(=O)O)C2)n1. The first-order valence-corrected chi connectivity index (χ1v) is 7.02. The zero-order valence-electron chi connectivity index (χ0n) is 10.9. The minimum absolute atomic E-state index is 0.00893. The Labute approximate surface area is 115 Å². The fourth-order valence-electron chi connectivity index (χ4n) is 2.20. The summed E-state index contributed by atoms with van der Waals surface area (Å²) in [6.45, 7) is 4.91. The van der Waals surface area contributed by atoms with Crippen LogP contribution in [-0.2, 0) is 11.3 Å². The van der Waals surface area contributed by atoms with Gasteiger partial charge in [0.1, 0.15) is 5.01 Å². The number of urea groups is 1.